The van der Waals surface area contributed by atoms with Crippen molar-refractivity contribution in [2.75, 3.05) is 41.1 Å². The van der Waals surface area contributed by atoms with Gasteiger partial charge in [0.05, 0.1) is 11.0 Å². The second kappa shape index (κ2) is 8.87. The number of amides is 1. The Hall–Kier alpha value is -2.98. The van der Waals surface area contributed by atoms with Crippen LogP contribution in [0.2, 0.25) is 0 Å². The minimum atomic E-state index is -0.348. The largest absolute Gasteiger partial charge is 0.352 e. The predicted molar refractivity (Wildman–Crippen MR) is 131 cm³/mol. The van der Waals surface area contributed by atoms with Crippen LogP contribution in [0.15, 0.2) is 58.2 Å². The number of fused-ring (bicyclic) bond motifs is 3. The Morgan fingerprint density at radius 1 is 1.16 bits per heavy atom. The Morgan fingerprint density at radius 3 is 2.78 bits per heavy atom. The number of anilines is 2. The van der Waals surface area contributed by atoms with Crippen LogP contribution in [0.25, 0.3) is 16.7 Å². The van der Waals surface area contributed by atoms with E-state index in [2.05, 4.69) is 15.3 Å². The summed E-state index contributed by atoms with van der Waals surface area (Å²) in [6.45, 7) is 1.52. The van der Waals surface area contributed by atoms with Crippen LogP contribution in [-0.2, 0) is 11.3 Å². The number of carbonyl (C=O) groups is 1. The number of carbonyl (C=O) groups excluding carboxylic acids is 1. The first-order valence-electron chi connectivity index (χ1n) is 10.3. The lowest BCUT2D eigenvalue weighted by Crippen LogP contribution is -2.33. The van der Waals surface area contributed by atoms with E-state index in [1.54, 1.807) is 16.2 Å². The Morgan fingerprint density at radius 2 is 1.97 bits per heavy atom. The highest BCUT2D eigenvalue weighted by molar-refractivity contribution is 7.99. The van der Waals surface area contributed by atoms with E-state index in [-0.39, 0.29) is 18.1 Å². The molecule has 0 saturated carbocycles. The molecule has 1 N–H and O–H groups in total. The van der Waals surface area contributed by atoms with E-state index in [1.807, 2.05) is 66.5 Å². The van der Waals surface area contributed by atoms with Gasteiger partial charge in [-0.05, 0) is 36.6 Å². The monoisotopic (exact) mass is 466 g/mol. The SMILES string of the molecule is CSc1cccc(NC(=O)Cn2nc3c(N4CCSCC4)nc4ccccc4n3c2=O)c1. The van der Waals surface area contributed by atoms with E-state index in [4.69, 9.17) is 4.98 Å². The predicted octanol–water partition coefficient (Wildman–Crippen LogP) is 2.96. The maximum absolute atomic E-state index is 13.3. The third-order valence-electron chi connectivity index (χ3n) is 5.35. The van der Waals surface area contributed by atoms with Crippen molar-refractivity contribution < 1.29 is 4.79 Å². The average Bonchev–Trinajstić information content (AvgIpc) is 3.15. The Bertz CT molecular complexity index is 1360. The van der Waals surface area contributed by atoms with Crippen LogP contribution in [0.1, 0.15) is 0 Å². The molecule has 2 aromatic heterocycles. The van der Waals surface area contributed by atoms with E-state index >= 15 is 0 Å². The maximum atomic E-state index is 13.3. The summed E-state index contributed by atoms with van der Waals surface area (Å²) in [6, 6.07) is 15.1. The first-order valence-corrected chi connectivity index (χ1v) is 12.7. The third-order valence-corrected chi connectivity index (χ3v) is 7.01. The van der Waals surface area contributed by atoms with Crippen LogP contribution in [0, 0.1) is 0 Å². The van der Waals surface area contributed by atoms with Crippen molar-refractivity contribution in [3.05, 3.63) is 59.0 Å². The number of para-hydroxylation sites is 2. The summed E-state index contributed by atoms with van der Waals surface area (Å²) < 4.78 is 2.79. The van der Waals surface area contributed by atoms with Crippen molar-refractivity contribution in [3.8, 4) is 0 Å². The first kappa shape index (κ1) is 20.9. The standard InChI is InChI=1S/C22H22N6O2S2/c1-31-16-6-4-5-15(13-16)23-19(29)14-27-22(30)28-18-8-3-2-7-17(18)24-20(21(28)25-27)26-9-11-32-12-10-26/h2-8,13H,9-12,14H2,1H3,(H,23,29). The average molecular weight is 467 g/mol. The molecule has 0 aliphatic carbocycles. The van der Waals surface area contributed by atoms with Gasteiger partial charge in [-0.25, -0.2) is 18.9 Å². The molecule has 3 heterocycles. The summed E-state index contributed by atoms with van der Waals surface area (Å²) in [7, 11) is 0. The first-order chi connectivity index (χ1) is 15.6. The molecule has 1 aliphatic rings. The normalized spacial score (nSPS) is 14.2. The zero-order valence-corrected chi connectivity index (χ0v) is 19.2. The molecule has 1 amide bonds. The van der Waals surface area contributed by atoms with Crippen LogP contribution < -0.4 is 15.9 Å². The number of nitrogens with zero attached hydrogens (tertiary/aromatic N) is 5. The van der Waals surface area contributed by atoms with Crippen LogP contribution >= 0.6 is 23.5 Å². The van der Waals surface area contributed by atoms with Crippen molar-refractivity contribution in [1.29, 1.82) is 0 Å². The minimum Gasteiger partial charge on any atom is -0.352 e. The molecule has 0 spiro atoms. The molecular weight excluding hydrogens is 444 g/mol. The van der Waals surface area contributed by atoms with Crippen molar-refractivity contribution in [2.24, 2.45) is 0 Å². The lowest BCUT2D eigenvalue weighted by Gasteiger charge is -2.27. The van der Waals surface area contributed by atoms with E-state index in [1.165, 1.54) is 4.68 Å². The molecule has 32 heavy (non-hydrogen) atoms. The number of hydrogen-bond donors (Lipinski definition) is 1. The molecule has 10 heteroatoms. The van der Waals surface area contributed by atoms with Gasteiger partial charge in [-0.3, -0.25) is 4.79 Å². The number of thioether (sulfide) groups is 2. The second-order valence-electron chi connectivity index (χ2n) is 7.40. The van der Waals surface area contributed by atoms with Crippen molar-refractivity contribution >= 4 is 57.6 Å². The Kier molecular flexibility index (Phi) is 5.79. The molecule has 1 aliphatic heterocycles. The van der Waals surface area contributed by atoms with Crippen molar-refractivity contribution in [1.82, 2.24) is 19.2 Å². The van der Waals surface area contributed by atoms with Gasteiger partial charge in [0.15, 0.2) is 5.82 Å². The smallest absolute Gasteiger partial charge is 0.351 e. The van der Waals surface area contributed by atoms with Crippen LogP contribution in [0.4, 0.5) is 11.5 Å². The lowest BCUT2D eigenvalue weighted by molar-refractivity contribution is -0.117. The molecule has 2 aromatic carbocycles. The molecule has 164 valence electrons. The van der Waals surface area contributed by atoms with Gasteiger partial charge in [-0.15, -0.1) is 16.9 Å². The van der Waals surface area contributed by atoms with Crippen LogP contribution in [-0.4, -0.2) is 55.9 Å². The van der Waals surface area contributed by atoms with E-state index < -0.39 is 0 Å². The number of hydrogen-bond acceptors (Lipinski definition) is 7. The van der Waals surface area contributed by atoms with Gasteiger partial charge in [0.2, 0.25) is 11.6 Å². The fraction of sp³-hybridized carbons (Fsp3) is 0.273. The van der Waals surface area contributed by atoms with Crippen LogP contribution in [0.5, 0.6) is 0 Å². The van der Waals surface area contributed by atoms with Gasteiger partial charge in [0.1, 0.15) is 6.54 Å². The van der Waals surface area contributed by atoms with E-state index in [0.29, 0.717) is 22.7 Å². The zero-order chi connectivity index (χ0) is 22.1. The second-order valence-corrected chi connectivity index (χ2v) is 9.51. The number of nitrogens with one attached hydrogen (secondary N) is 1. The van der Waals surface area contributed by atoms with Gasteiger partial charge in [-0.2, -0.15) is 11.8 Å². The summed E-state index contributed by atoms with van der Waals surface area (Å²) >= 11 is 3.50. The van der Waals surface area contributed by atoms with Gasteiger partial charge in [0, 0.05) is 35.2 Å². The highest BCUT2D eigenvalue weighted by Crippen LogP contribution is 2.25. The van der Waals surface area contributed by atoms with E-state index in [9.17, 15) is 9.59 Å². The van der Waals surface area contributed by atoms with Crippen molar-refractivity contribution in [2.45, 2.75) is 11.4 Å². The molecule has 0 atom stereocenters. The molecule has 4 aromatic rings. The molecule has 0 unspecified atom stereocenters. The molecule has 8 nitrogen and oxygen atoms in total. The molecule has 0 bridgehead atoms. The minimum absolute atomic E-state index is 0.173. The summed E-state index contributed by atoms with van der Waals surface area (Å²) in [5, 5.41) is 7.41. The summed E-state index contributed by atoms with van der Waals surface area (Å²) in [5.74, 6) is 2.39. The quantitative estimate of drug-likeness (QED) is 0.453. The Balaban J connectivity index is 1.54. The third kappa shape index (κ3) is 3.95. The lowest BCUT2D eigenvalue weighted by atomic mass is 10.3. The Labute approximate surface area is 193 Å². The highest BCUT2D eigenvalue weighted by atomic mass is 32.2. The summed E-state index contributed by atoms with van der Waals surface area (Å²) in [4.78, 5) is 34.0. The number of benzene rings is 2. The molecule has 5 rings (SSSR count). The molecular formula is C22H22N6O2S2. The molecule has 1 saturated heterocycles. The maximum Gasteiger partial charge on any atom is 0.351 e. The summed E-state index contributed by atoms with van der Waals surface area (Å²) in [5.41, 5.74) is 2.24. The number of rotatable bonds is 5. The molecule has 1 fully saturated rings. The van der Waals surface area contributed by atoms with Gasteiger partial charge in [0.25, 0.3) is 0 Å². The molecule has 0 radical (unpaired) electrons. The van der Waals surface area contributed by atoms with Crippen molar-refractivity contribution in [3.63, 3.8) is 0 Å². The van der Waals surface area contributed by atoms with Gasteiger partial charge >= 0.3 is 5.69 Å². The fourth-order valence-electron chi connectivity index (χ4n) is 3.81. The van der Waals surface area contributed by atoms with Gasteiger partial charge in [-0.1, -0.05) is 18.2 Å². The fourth-order valence-corrected chi connectivity index (χ4v) is 5.17. The topological polar surface area (TPSA) is 84.5 Å². The zero-order valence-electron chi connectivity index (χ0n) is 17.5. The highest BCUT2D eigenvalue weighted by Gasteiger charge is 2.22. The van der Waals surface area contributed by atoms with Crippen LogP contribution in [0.3, 0.4) is 0 Å². The van der Waals surface area contributed by atoms with Gasteiger partial charge < -0.3 is 10.2 Å². The summed E-state index contributed by atoms with van der Waals surface area (Å²) in [6.07, 6.45) is 1.98. The van der Waals surface area contributed by atoms with E-state index in [0.717, 1.165) is 35.0 Å². The number of aromatic nitrogens is 4.